The van der Waals surface area contributed by atoms with Crippen LogP contribution in [0, 0.1) is 4.91 Å². The van der Waals surface area contributed by atoms with Crippen molar-refractivity contribution in [1.29, 1.82) is 0 Å². The Bertz CT molecular complexity index is 692. The molecule has 2 rings (SSSR count). The highest BCUT2D eigenvalue weighted by Gasteiger charge is 2.12. The topological polar surface area (TPSA) is 96.2 Å². The zero-order valence-corrected chi connectivity index (χ0v) is 10.8. The van der Waals surface area contributed by atoms with Gasteiger partial charge in [-0.05, 0) is 47.1 Å². The van der Waals surface area contributed by atoms with Crippen LogP contribution in [0.2, 0.25) is 0 Å². The number of phenolic OH excluding ortho intramolecular Hbond substituents is 1. The highest BCUT2D eigenvalue weighted by Crippen LogP contribution is 2.27. The number of carbonyl (C=O) groups is 1. The standard InChI is InChI=1S/C15H11NO5/c17-8-7-10-1-4-12(5-2-10)21-15(19)11-3-6-14(18)13(9-11)16-20/h1-9,17-18H. The molecule has 2 aromatic rings. The predicted octanol–water partition coefficient (Wildman–Crippen LogP) is 3.54. The summed E-state index contributed by atoms with van der Waals surface area (Å²) in [6.07, 6.45) is 2.39. The molecule has 0 atom stereocenters. The molecular formula is C15H11NO5. The van der Waals surface area contributed by atoms with E-state index in [4.69, 9.17) is 9.84 Å². The minimum absolute atomic E-state index is 0.0988. The number of nitroso groups, excluding NO2 is 1. The van der Waals surface area contributed by atoms with Crippen LogP contribution in [0.1, 0.15) is 15.9 Å². The summed E-state index contributed by atoms with van der Waals surface area (Å²) in [4.78, 5) is 22.4. The van der Waals surface area contributed by atoms with Crippen LogP contribution >= 0.6 is 0 Å². The zero-order valence-electron chi connectivity index (χ0n) is 10.8. The number of aliphatic hydroxyl groups excluding tert-OH is 1. The minimum Gasteiger partial charge on any atom is -0.516 e. The van der Waals surface area contributed by atoms with E-state index in [0.29, 0.717) is 5.75 Å². The van der Waals surface area contributed by atoms with Gasteiger partial charge in [0.05, 0.1) is 11.8 Å². The second-order valence-corrected chi connectivity index (χ2v) is 4.07. The van der Waals surface area contributed by atoms with Crippen LogP contribution in [0.5, 0.6) is 11.5 Å². The van der Waals surface area contributed by atoms with Gasteiger partial charge in [0.15, 0.2) is 0 Å². The summed E-state index contributed by atoms with van der Waals surface area (Å²) >= 11 is 0. The molecule has 106 valence electrons. The normalized spacial score (nSPS) is 10.5. The maximum Gasteiger partial charge on any atom is 0.343 e. The fourth-order valence-electron chi connectivity index (χ4n) is 1.62. The maximum atomic E-state index is 11.9. The Morgan fingerprint density at radius 1 is 1.14 bits per heavy atom. The Morgan fingerprint density at radius 2 is 1.86 bits per heavy atom. The summed E-state index contributed by atoms with van der Waals surface area (Å²) in [5.41, 5.74) is 0.615. The van der Waals surface area contributed by atoms with Crippen molar-refractivity contribution in [3.8, 4) is 11.5 Å². The molecule has 0 amide bonds. The fraction of sp³-hybridized carbons (Fsp3) is 0. The lowest BCUT2D eigenvalue weighted by molar-refractivity contribution is 0.0735. The smallest absolute Gasteiger partial charge is 0.343 e. The predicted molar refractivity (Wildman–Crippen MR) is 76.6 cm³/mol. The Morgan fingerprint density at radius 3 is 2.48 bits per heavy atom. The molecule has 0 aromatic heterocycles. The molecule has 0 bridgehead atoms. The largest absolute Gasteiger partial charge is 0.516 e. The molecule has 2 N–H and O–H groups in total. The first kappa shape index (κ1) is 14.3. The summed E-state index contributed by atoms with van der Waals surface area (Å²) in [5.74, 6) is -0.671. The van der Waals surface area contributed by atoms with Crippen LogP contribution in [-0.2, 0) is 0 Å². The van der Waals surface area contributed by atoms with E-state index in [1.54, 1.807) is 24.3 Å². The molecule has 0 aliphatic carbocycles. The lowest BCUT2D eigenvalue weighted by Crippen LogP contribution is -2.08. The Kier molecular flexibility index (Phi) is 4.30. The van der Waals surface area contributed by atoms with Crippen LogP contribution in [0.15, 0.2) is 53.9 Å². The molecule has 0 fully saturated rings. The summed E-state index contributed by atoms with van der Waals surface area (Å²) in [6, 6.07) is 10.1. The van der Waals surface area contributed by atoms with Gasteiger partial charge in [-0.1, -0.05) is 12.1 Å². The number of aromatic hydroxyl groups is 1. The van der Waals surface area contributed by atoms with Crippen LogP contribution in [0.3, 0.4) is 0 Å². The van der Waals surface area contributed by atoms with Crippen molar-refractivity contribution >= 4 is 17.7 Å². The van der Waals surface area contributed by atoms with Gasteiger partial charge >= 0.3 is 5.97 Å². The number of carbonyl (C=O) groups excluding carboxylic acids is 1. The SMILES string of the molecule is O=Nc1cc(C(=O)Oc2ccc(C=CO)cc2)ccc1O. The lowest BCUT2D eigenvalue weighted by atomic mass is 10.2. The lowest BCUT2D eigenvalue weighted by Gasteiger charge is -2.05. The summed E-state index contributed by atoms with van der Waals surface area (Å²) < 4.78 is 5.12. The van der Waals surface area contributed by atoms with E-state index in [2.05, 4.69) is 5.18 Å². The van der Waals surface area contributed by atoms with E-state index in [1.165, 1.54) is 18.2 Å². The molecule has 21 heavy (non-hydrogen) atoms. The van der Waals surface area contributed by atoms with E-state index in [9.17, 15) is 14.8 Å². The molecule has 0 spiro atoms. The monoisotopic (exact) mass is 285 g/mol. The van der Waals surface area contributed by atoms with Crippen LogP contribution < -0.4 is 4.74 Å². The summed E-state index contributed by atoms with van der Waals surface area (Å²) in [5, 5.41) is 20.6. The van der Waals surface area contributed by atoms with E-state index >= 15 is 0 Å². The third kappa shape index (κ3) is 3.44. The molecular weight excluding hydrogens is 274 g/mol. The van der Waals surface area contributed by atoms with E-state index in [1.807, 2.05) is 0 Å². The summed E-state index contributed by atoms with van der Waals surface area (Å²) in [6.45, 7) is 0. The number of nitrogens with zero attached hydrogens (tertiary/aromatic N) is 1. The van der Waals surface area contributed by atoms with Crippen molar-refractivity contribution in [3.05, 3.63) is 64.8 Å². The van der Waals surface area contributed by atoms with Crippen molar-refractivity contribution in [3.63, 3.8) is 0 Å². The second kappa shape index (κ2) is 6.33. The first-order valence-corrected chi connectivity index (χ1v) is 5.93. The van der Waals surface area contributed by atoms with Gasteiger partial charge in [0.1, 0.15) is 17.2 Å². The molecule has 0 unspecified atom stereocenters. The van der Waals surface area contributed by atoms with Crippen molar-refractivity contribution in [2.45, 2.75) is 0 Å². The van der Waals surface area contributed by atoms with Gasteiger partial charge in [-0.15, -0.1) is 4.91 Å². The van der Waals surface area contributed by atoms with Gasteiger partial charge < -0.3 is 14.9 Å². The first-order chi connectivity index (χ1) is 10.1. The number of ether oxygens (including phenoxy) is 1. The molecule has 6 nitrogen and oxygen atoms in total. The van der Waals surface area contributed by atoms with Crippen LogP contribution in [0.25, 0.3) is 6.08 Å². The zero-order chi connectivity index (χ0) is 15.2. The van der Waals surface area contributed by atoms with Crippen LogP contribution in [0.4, 0.5) is 5.69 Å². The van der Waals surface area contributed by atoms with Gasteiger partial charge in [-0.2, -0.15) is 0 Å². The Balaban J connectivity index is 2.15. The number of benzene rings is 2. The minimum atomic E-state index is -0.676. The number of aliphatic hydroxyl groups is 1. The van der Waals surface area contributed by atoms with E-state index in [0.717, 1.165) is 17.9 Å². The number of hydrogen-bond acceptors (Lipinski definition) is 6. The average molecular weight is 285 g/mol. The third-order valence-electron chi connectivity index (χ3n) is 2.67. The Hall–Kier alpha value is -3.15. The fourth-order valence-corrected chi connectivity index (χ4v) is 1.62. The molecule has 0 heterocycles. The number of rotatable bonds is 4. The molecule has 0 aliphatic heterocycles. The quantitative estimate of drug-likeness (QED) is 0.387. The maximum absolute atomic E-state index is 11.9. The number of phenols is 1. The molecule has 6 heteroatoms. The molecule has 0 saturated heterocycles. The Labute approximate surface area is 119 Å². The average Bonchev–Trinajstić information content (AvgIpc) is 2.50. The van der Waals surface area contributed by atoms with Gasteiger partial charge in [-0.25, -0.2) is 4.79 Å². The van der Waals surface area contributed by atoms with Crippen molar-refractivity contribution in [2.75, 3.05) is 0 Å². The first-order valence-electron chi connectivity index (χ1n) is 5.93. The third-order valence-corrected chi connectivity index (χ3v) is 2.67. The summed E-state index contributed by atoms with van der Waals surface area (Å²) in [7, 11) is 0. The molecule has 2 aromatic carbocycles. The van der Waals surface area contributed by atoms with E-state index < -0.39 is 5.97 Å². The second-order valence-electron chi connectivity index (χ2n) is 4.07. The number of esters is 1. The van der Waals surface area contributed by atoms with Crippen molar-refractivity contribution in [2.24, 2.45) is 5.18 Å². The van der Waals surface area contributed by atoms with Gasteiger partial charge in [0.25, 0.3) is 0 Å². The molecule has 0 saturated carbocycles. The van der Waals surface area contributed by atoms with Crippen molar-refractivity contribution < 1.29 is 19.7 Å². The van der Waals surface area contributed by atoms with Gasteiger partial charge in [0, 0.05) is 0 Å². The van der Waals surface area contributed by atoms with Crippen molar-refractivity contribution in [1.82, 2.24) is 0 Å². The van der Waals surface area contributed by atoms with Crippen LogP contribution in [-0.4, -0.2) is 16.2 Å². The molecule has 0 radical (unpaired) electrons. The highest BCUT2D eigenvalue weighted by atomic mass is 16.5. The van der Waals surface area contributed by atoms with E-state index in [-0.39, 0.29) is 17.0 Å². The van der Waals surface area contributed by atoms with Gasteiger partial charge in [-0.3, -0.25) is 0 Å². The van der Waals surface area contributed by atoms with Gasteiger partial charge in [0.2, 0.25) is 0 Å². The molecule has 0 aliphatic rings. The number of hydrogen-bond donors (Lipinski definition) is 2. The highest BCUT2D eigenvalue weighted by molar-refractivity contribution is 5.92.